The van der Waals surface area contributed by atoms with Gasteiger partial charge in [-0.15, -0.1) is 0 Å². The molecule has 0 saturated carbocycles. The normalized spacial score (nSPS) is 16.0. The highest BCUT2D eigenvalue weighted by molar-refractivity contribution is 5.79. The summed E-state index contributed by atoms with van der Waals surface area (Å²) >= 11 is 0. The number of hydrogen-bond acceptors (Lipinski definition) is 4. The van der Waals surface area contributed by atoms with Gasteiger partial charge in [-0.25, -0.2) is 14.4 Å². The summed E-state index contributed by atoms with van der Waals surface area (Å²) in [5.41, 5.74) is 2.48. The van der Waals surface area contributed by atoms with E-state index in [-0.39, 0.29) is 11.2 Å². The number of guanidine groups is 1. The molecular weight excluding hydrogens is 407 g/mol. The fraction of sp³-hybridized carbons (Fsp3) is 0.360. The minimum atomic E-state index is -0.214. The lowest BCUT2D eigenvalue weighted by Crippen LogP contribution is -2.48. The molecule has 1 fully saturated rings. The van der Waals surface area contributed by atoms with E-state index in [9.17, 15) is 4.39 Å². The molecule has 32 heavy (non-hydrogen) atoms. The first-order chi connectivity index (χ1) is 15.7. The van der Waals surface area contributed by atoms with Crippen LogP contribution in [0.1, 0.15) is 31.0 Å². The van der Waals surface area contributed by atoms with Crippen molar-refractivity contribution >= 4 is 5.96 Å². The molecular formula is C25H29FN4O2. The van der Waals surface area contributed by atoms with Crippen molar-refractivity contribution in [2.24, 2.45) is 4.99 Å². The van der Waals surface area contributed by atoms with Crippen molar-refractivity contribution < 1.29 is 13.5 Å². The second-order valence-electron chi connectivity index (χ2n) is 7.96. The van der Waals surface area contributed by atoms with E-state index < -0.39 is 0 Å². The fourth-order valence-corrected chi connectivity index (χ4v) is 4.00. The highest BCUT2D eigenvalue weighted by Crippen LogP contribution is 2.34. The van der Waals surface area contributed by atoms with Crippen LogP contribution in [-0.4, -0.2) is 37.2 Å². The molecule has 2 N–H and O–H groups in total. The zero-order valence-corrected chi connectivity index (χ0v) is 18.3. The standard InChI is InChI=1S/C25H29FN4O2/c1-2-27-24(28-16-22-17-32-23(30-22)19-7-4-3-5-8-19)29-18-25(11-13-31-14-12-25)20-9-6-10-21(26)15-20/h3-10,15,17H,2,11-14,16,18H2,1H3,(H2,27,28,29). The molecule has 3 aromatic rings. The summed E-state index contributed by atoms with van der Waals surface area (Å²) < 4.78 is 25.1. The van der Waals surface area contributed by atoms with Crippen LogP contribution in [-0.2, 0) is 16.7 Å². The summed E-state index contributed by atoms with van der Waals surface area (Å²) in [6.45, 7) is 5.11. The third-order valence-electron chi connectivity index (χ3n) is 5.80. The van der Waals surface area contributed by atoms with Gasteiger partial charge in [-0.2, -0.15) is 0 Å². The summed E-state index contributed by atoms with van der Waals surface area (Å²) in [7, 11) is 0. The van der Waals surface area contributed by atoms with Gasteiger partial charge in [0.2, 0.25) is 5.89 Å². The number of aliphatic imine (C=N–C) groups is 1. The van der Waals surface area contributed by atoms with E-state index in [4.69, 9.17) is 9.15 Å². The van der Waals surface area contributed by atoms with Crippen molar-refractivity contribution in [2.75, 3.05) is 26.3 Å². The number of aromatic nitrogens is 1. The van der Waals surface area contributed by atoms with Crippen molar-refractivity contribution in [1.29, 1.82) is 0 Å². The van der Waals surface area contributed by atoms with Crippen LogP contribution in [0, 0.1) is 5.82 Å². The molecule has 0 aliphatic carbocycles. The molecule has 1 aliphatic heterocycles. The van der Waals surface area contributed by atoms with Gasteiger partial charge in [0.1, 0.15) is 17.8 Å². The van der Waals surface area contributed by atoms with E-state index in [2.05, 4.69) is 20.6 Å². The summed E-state index contributed by atoms with van der Waals surface area (Å²) in [4.78, 5) is 9.23. The molecule has 1 saturated heterocycles. The lowest BCUT2D eigenvalue weighted by molar-refractivity contribution is 0.0513. The quantitative estimate of drug-likeness (QED) is 0.427. The van der Waals surface area contributed by atoms with Crippen molar-refractivity contribution in [3.05, 3.63) is 77.9 Å². The number of hydrogen-bond donors (Lipinski definition) is 2. The number of benzene rings is 2. The van der Waals surface area contributed by atoms with Crippen LogP contribution in [0.3, 0.4) is 0 Å². The molecule has 2 aromatic carbocycles. The van der Waals surface area contributed by atoms with Crippen molar-refractivity contribution in [1.82, 2.24) is 15.6 Å². The first-order valence-corrected chi connectivity index (χ1v) is 11.0. The highest BCUT2D eigenvalue weighted by atomic mass is 19.1. The zero-order chi connectivity index (χ0) is 22.2. The molecule has 168 valence electrons. The Bertz CT molecular complexity index is 1030. The Morgan fingerprint density at radius 3 is 2.66 bits per heavy atom. The van der Waals surface area contributed by atoms with Crippen LogP contribution in [0.2, 0.25) is 0 Å². The molecule has 7 heteroatoms. The molecule has 0 amide bonds. The average Bonchev–Trinajstić information content (AvgIpc) is 3.31. The second-order valence-corrected chi connectivity index (χ2v) is 7.96. The van der Waals surface area contributed by atoms with Crippen LogP contribution in [0.25, 0.3) is 11.5 Å². The van der Waals surface area contributed by atoms with Gasteiger partial charge in [0, 0.05) is 37.3 Å². The Hall–Kier alpha value is -3.19. The predicted molar refractivity (Wildman–Crippen MR) is 123 cm³/mol. The first kappa shape index (κ1) is 22.0. The Balaban J connectivity index is 1.46. The van der Waals surface area contributed by atoms with E-state index in [1.807, 2.05) is 43.3 Å². The molecule has 1 aliphatic rings. The van der Waals surface area contributed by atoms with Crippen molar-refractivity contribution in [3.8, 4) is 11.5 Å². The molecule has 0 radical (unpaired) electrons. The van der Waals surface area contributed by atoms with Crippen LogP contribution in [0.4, 0.5) is 4.39 Å². The van der Waals surface area contributed by atoms with Gasteiger partial charge in [0.25, 0.3) is 0 Å². The minimum absolute atomic E-state index is 0.203. The average molecular weight is 437 g/mol. The Morgan fingerprint density at radius 2 is 1.91 bits per heavy atom. The van der Waals surface area contributed by atoms with Crippen LogP contribution < -0.4 is 10.6 Å². The maximum absolute atomic E-state index is 13.9. The molecule has 0 bridgehead atoms. The monoisotopic (exact) mass is 436 g/mol. The van der Waals surface area contributed by atoms with Gasteiger partial charge in [-0.05, 0) is 49.6 Å². The molecule has 4 rings (SSSR count). The lowest BCUT2D eigenvalue weighted by Gasteiger charge is -2.38. The molecule has 0 unspecified atom stereocenters. The third kappa shape index (κ3) is 5.34. The fourth-order valence-electron chi connectivity index (χ4n) is 4.00. The van der Waals surface area contributed by atoms with Crippen molar-refractivity contribution in [2.45, 2.75) is 31.7 Å². The van der Waals surface area contributed by atoms with Gasteiger partial charge in [-0.1, -0.05) is 30.3 Å². The maximum Gasteiger partial charge on any atom is 0.226 e. The number of nitrogens with one attached hydrogen (secondary N) is 2. The molecule has 2 heterocycles. The number of ether oxygens (including phenoxy) is 1. The molecule has 1 aromatic heterocycles. The van der Waals surface area contributed by atoms with Gasteiger partial charge < -0.3 is 19.8 Å². The lowest BCUT2D eigenvalue weighted by atomic mass is 9.74. The summed E-state index contributed by atoms with van der Waals surface area (Å²) in [6.07, 6.45) is 3.29. The smallest absolute Gasteiger partial charge is 0.226 e. The first-order valence-electron chi connectivity index (χ1n) is 11.0. The predicted octanol–water partition coefficient (Wildman–Crippen LogP) is 4.28. The van der Waals surface area contributed by atoms with E-state index >= 15 is 0 Å². The zero-order valence-electron chi connectivity index (χ0n) is 18.3. The summed E-state index contributed by atoms with van der Waals surface area (Å²) in [6, 6.07) is 16.7. The molecule has 0 spiro atoms. The number of nitrogens with zero attached hydrogens (tertiary/aromatic N) is 2. The van der Waals surface area contributed by atoms with E-state index in [1.165, 1.54) is 6.07 Å². The molecule has 0 atom stereocenters. The van der Waals surface area contributed by atoms with Gasteiger partial charge in [0.05, 0.1) is 6.54 Å². The largest absolute Gasteiger partial charge is 0.444 e. The third-order valence-corrected chi connectivity index (χ3v) is 5.80. The van der Waals surface area contributed by atoms with Crippen LogP contribution >= 0.6 is 0 Å². The Labute approximate surface area is 187 Å². The van der Waals surface area contributed by atoms with Gasteiger partial charge in [0.15, 0.2) is 5.96 Å². The summed E-state index contributed by atoms with van der Waals surface area (Å²) in [5, 5.41) is 6.75. The van der Waals surface area contributed by atoms with E-state index in [1.54, 1.807) is 18.4 Å². The van der Waals surface area contributed by atoms with Gasteiger partial charge in [-0.3, -0.25) is 0 Å². The van der Waals surface area contributed by atoms with Crippen LogP contribution in [0.5, 0.6) is 0 Å². The molecule has 6 nitrogen and oxygen atoms in total. The second kappa shape index (κ2) is 10.4. The van der Waals surface area contributed by atoms with E-state index in [0.717, 1.165) is 36.2 Å². The number of rotatable bonds is 7. The Morgan fingerprint density at radius 1 is 1.09 bits per heavy atom. The number of oxazole rings is 1. The van der Waals surface area contributed by atoms with Gasteiger partial charge >= 0.3 is 0 Å². The van der Waals surface area contributed by atoms with E-state index in [0.29, 0.717) is 38.2 Å². The topological polar surface area (TPSA) is 71.7 Å². The minimum Gasteiger partial charge on any atom is -0.444 e. The van der Waals surface area contributed by atoms with Crippen LogP contribution in [0.15, 0.2) is 70.3 Å². The number of halogens is 1. The maximum atomic E-state index is 13.9. The van der Waals surface area contributed by atoms with Crippen molar-refractivity contribution in [3.63, 3.8) is 0 Å². The highest BCUT2D eigenvalue weighted by Gasteiger charge is 2.35. The summed E-state index contributed by atoms with van der Waals surface area (Å²) in [5.74, 6) is 1.06. The SMILES string of the molecule is CCNC(=NCc1coc(-c2ccccc2)n1)NCC1(c2cccc(F)c2)CCOCC1. The Kier molecular flexibility index (Phi) is 7.17.